The number of aryl methyl sites for hydroxylation is 2. The molecule has 1 unspecified atom stereocenters. The lowest BCUT2D eigenvalue weighted by molar-refractivity contribution is -0.136. The van der Waals surface area contributed by atoms with Crippen LogP contribution in [0.4, 0.5) is 0 Å². The average Bonchev–Trinajstić information content (AvgIpc) is 3.04. The van der Waals surface area contributed by atoms with Crippen molar-refractivity contribution in [1.29, 1.82) is 0 Å². The molecule has 1 heterocycles. The number of rotatable bonds is 10. The highest BCUT2D eigenvalue weighted by Gasteiger charge is 2.23. The summed E-state index contributed by atoms with van der Waals surface area (Å²) < 4.78 is 11.8. The summed E-state index contributed by atoms with van der Waals surface area (Å²) >= 11 is 0. The van der Waals surface area contributed by atoms with Gasteiger partial charge in [0.1, 0.15) is 0 Å². The highest BCUT2D eigenvalue weighted by Crippen LogP contribution is 2.34. The van der Waals surface area contributed by atoms with Crippen LogP contribution >= 0.6 is 0 Å². The van der Waals surface area contributed by atoms with Gasteiger partial charge >= 0.3 is 0 Å². The normalized spacial score (nSPS) is 14.1. The van der Waals surface area contributed by atoms with E-state index in [-0.39, 0.29) is 13.3 Å². The van der Waals surface area contributed by atoms with E-state index in [1.807, 2.05) is 24.8 Å². The van der Waals surface area contributed by atoms with Crippen LogP contribution in [0.5, 0.6) is 11.5 Å². The van der Waals surface area contributed by atoms with E-state index >= 15 is 0 Å². The van der Waals surface area contributed by atoms with Gasteiger partial charge in [-0.2, -0.15) is 0 Å². The number of hydrogen-bond acceptors (Lipinski definition) is 4. The molecule has 0 saturated heterocycles. The van der Waals surface area contributed by atoms with Gasteiger partial charge in [-0.1, -0.05) is 58.0 Å². The number of carbonyl (C=O) groups excluding carboxylic acids is 1. The van der Waals surface area contributed by atoms with Crippen molar-refractivity contribution in [1.82, 2.24) is 10.2 Å². The molecule has 0 aromatic heterocycles. The molecule has 5 heteroatoms. The number of amides is 1. The molecule has 1 aliphatic rings. The maximum Gasteiger partial charge on any atom is 0.226 e. The summed E-state index contributed by atoms with van der Waals surface area (Å²) in [6.45, 7) is 14.7. The third kappa shape index (κ3) is 6.97. The van der Waals surface area contributed by atoms with Crippen LogP contribution in [0.25, 0.3) is 0 Å². The SMILES string of the molecule is CCc1ccccc1CNCC(C)C(=O)N(Cc1cc(C)c2c(c1)OCCCO2)CC(C)C.[HH]. The Balaban J connectivity index is 0.00000408. The average molecular weight is 455 g/mol. The minimum atomic E-state index is -0.0981. The van der Waals surface area contributed by atoms with Gasteiger partial charge in [0.2, 0.25) is 5.91 Å². The first-order valence-corrected chi connectivity index (χ1v) is 12.3. The molecule has 1 atom stereocenters. The molecule has 33 heavy (non-hydrogen) atoms. The van der Waals surface area contributed by atoms with Crippen molar-refractivity contribution in [2.45, 2.75) is 60.5 Å². The van der Waals surface area contributed by atoms with Crippen molar-refractivity contribution in [3.05, 3.63) is 58.7 Å². The molecule has 0 aliphatic carbocycles. The first kappa shape index (κ1) is 25.1. The van der Waals surface area contributed by atoms with Crippen molar-refractivity contribution in [3.63, 3.8) is 0 Å². The van der Waals surface area contributed by atoms with Crippen LogP contribution < -0.4 is 14.8 Å². The van der Waals surface area contributed by atoms with Crippen LogP contribution in [0.2, 0.25) is 0 Å². The zero-order valence-electron chi connectivity index (χ0n) is 20.9. The largest absolute Gasteiger partial charge is 0.490 e. The molecular weight excluding hydrogens is 412 g/mol. The van der Waals surface area contributed by atoms with E-state index in [0.717, 1.165) is 48.6 Å². The van der Waals surface area contributed by atoms with Crippen molar-refractivity contribution in [2.24, 2.45) is 11.8 Å². The molecule has 5 nitrogen and oxygen atoms in total. The lowest BCUT2D eigenvalue weighted by Crippen LogP contribution is -2.40. The summed E-state index contributed by atoms with van der Waals surface area (Å²) in [5.41, 5.74) is 4.81. The predicted octanol–water partition coefficient (Wildman–Crippen LogP) is 5.38. The molecule has 2 aromatic carbocycles. The Hall–Kier alpha value is -2.53. The second-order valence-electron chi connectivity index (χ2n) is 9.56. The molecule has 1 aliphatic heterocycles. The number of nitrogens with one attached hydrogen (secondary N) is 1. The summed E-state index contributed by atoms with van der Waals surface area (Å²) in [7, 11) is 0. The molecule has 0 bridgehead atoms. The van der Waals surface area contributed by atoms with E-state index in [1.54, 1.807) is 0 Å². The van der Waals surface area contributed by atoms with Crippen molar-refractivity contribution in [3.8, 4) is 11.5 Å². The van der Waals surface area contributed by atoms with E-state index in [2.05, 4.69) is 56.4 Å². The Morgan fingerprint density at radius 2 is 1.85 bits per heavy atom. The van der Waals surface area contributed by atoms with Crippen LogP contribution in [0.3, 0.4) is 0 Å². The van der Waals surface area contributed by atoms with E-state index in [1.165, 1.54) is 11.1 Å². The predicted molar refractivity (Wildman–Crippen MR) is 136 cm³/mol. The summed E-state index contributed by atoms with van der Waals surface area (Å²) in [5.74, 6) is 2.11. The number of ether oxygens (including phenoxy) is 2. The number of nitrogens with zero attached hydrogens (tertiary/aromatic N) is 1. The number of benzene rings is 2. The lowest BCUT2D eigenvalue weighted by Gasteiger charge is -2.28. The van der Waals surface area contributed by atoms with Gasteiger partial charge in [0, 0.05) is 39.9 Å². The third-order valence-corrected chi connectivity index (χ3v) is 6.05. The number of carbonyl (C=O) groups is 1. The molecule has 0 saturated carbocycles. The second-order valence-corrected chi connectivity index (χ2v) is 9.56. The fourth-order valence-electron chi connectivity index (χ4n) is 4.40. The molecule has 0 fully saturated rings. The minimum Gasteiger partial charge on any atom is -0.490 e. The first-order valence-electron chi connectivity index (χ1n) is 12.3. The summed E-state index contributed by atoms with van der Waals surface area (Å²) in [6, 6.07) is 12.7. The molecular formula is C28H42N2O3. The number of fused-ring (bicyclic) bond motifs is 1. The van der Waals surface area contributed by atoms with Crippen LogP contribution in [-0.2, 0) is 24.3 Å². The van der Waals surface area contributed by atoms with Crippen LogP contribution in [0.15, 0.2) is 36.4 Å². The molecule has 182 valence electrons. The van der Waals surface area contributed by atoms with Gasteiger partial charge in [0.05, 0.1) is 13.2 Å². The standard InChI is InChI=1S/C28H40N2O3.H2/c1-6-24-10-7-8-11-25(24)17-29-16-22(5)28(31)30(18-20(2)3)19-23-14-21(4)27-26(15-23)32-12-9-13-33-27;/h7-8,10-11,14-15,20,22,29H,6,9,12-13,16-19H2,1-5H3;1H. The van der Waals surface area contributed by atoms with Crippen LogP contribution in [0.1, 0.15) is 57.8 Å². The van der Waals surface area contributed by atoms with Gasteiger partial charge in [-0.3, -0.25) is 4.79 Å². The zero-order valence-corrected chi connectivity index (χ0v) is 20.9. The maximum absolute atomic E-state index is 13.4. The zero-order chi connectivity index (χ0) is 23.8. The lowest BCUT2D eigenvalue weighted by atomic mass is 10.0. The van der Waals surface area contributed by atoms with Crippen molar-refractivity contribution in [2.75, 3.05) is 26.3 Å². The molecule has 1 N–H and O–H groups in total. The Kier molecular flexibility index (Phi) is 9.19. The molecule has 0 radical (unpaired) electrons. The maximum atomic E-state index is 13.4. The Labute approximate surface area is 201 Å². The van der Waals surface area contributed by atoms with Gasteiger partial charge in [-0.25, -0.2) is 0 Å². The fraction of sp³-hybridized carbons (Fsp3) is 0.536. The number of hydrogen-bond donors (Lipinski definition) is 1. The highest BCUT2D eigenvalue weighted by atomic mass is 16.5. The third-order valence-electron chi connectivity index (χ3n) is 6.05. The second kappa shape index (κ2) is 12.1. The Bertz CT molecular complexity index is 932. The van der Waals surface area contributed by atoms with Gasteiger partial charge in [0.15, 0.2) is 11.5 Å². The topological polar surface area (TPSA) is 50.8 Å². The molecule has 1 amide bonds. The monoisotopic (exact) mass is 454 g/mol. The van der Waals surface area contributed by atoms with Gasteiger partial charge in [0.25, 0.3) is 0 Å². The smallest absolute Gasteiger partial charge is 0.226 e. The van der Waals surface area contributed by atoms with Gasteiger partial charge in [-0.15, -0.1) is 0 Å². The minimum absolute atomic E-state index is 0. The van der Waals surface area contributed by atoms with E-state index < -0.39 is 0 Å². The van der Waals surface area contributed by atoms with E-state index in [9.17, 15) is 4.79 Å². The van der Waals surface area contributed by atoms with Gasteiger partial charge in [-0.05, 0) is 47.6 Å². The van der Waals surface area contributed by atoms with Gasteiger partial charge < -0.3 is 19.7 Å². The van der Waals surface area contributed by atoms with Crippen LogP contribution in [0, 0.1) is 18.8 Å². The molecule has 0 spiro atoms. The fourth-order valence-corrected chi connectivity index (χ4v) is 4.40. The van der Waals surface area contributed by atoms with Crippen LogP contribution in [-0.4, -0.2) is 37.1 Å². The highest BCUT2D eigenvalue weighted by molar-refractivity contribution is 5.78. The van der Waals surface area contributed by atoms with E-state index in [0.29, 0.717) is 32.2 Å². The summed E-state index contributed by atoms with van der Waals surface area (Å²) in [6.07, 6.45) is 1.90. The quantitative estimate of drug-likeness (QED) is 0.524. The Morgan fingerprint density at radius 1 is 1.12 bits per heavy atom. The summed E-state index contributed by atoms with van der Waals surface area (Å²) in [5, 5.41) is 3.50. The van der Waals surface area contributed by atoms with Crippen molar-refractivity contribution >= 4 is 5.91 Å². The molecule has 2 aromatic rings. The molecule has 3 rings (SSSR count). The van der Waals surface area contributed by atoms with Crippen molar-refractivity contribution < 1.29 is 15.7 Å². The summed E-state index contributed by atoms with van der Waals surface area (Å²) in [4.78, 5) is 15.4. The Morgan fingerprint density at radius 3 is 2.58 bits per heavy atom. The van der Waals surface area contributed by atoms with E-state index in [4.69, 9.17) is 9.47 Å². The first-order chi connectivity index (χ1) is 15.9.